The highest BCUT2D eigenvalue weighted by atomic mass is 35.5. The zero-order valence-corrected chi connectivity index (χ0v) is 10.2. The van der Waals surface area contributed by atoms with Crippen LogP contribution in [0.4, 0.5) is 14.5 Å². The number of rotatable bonds is 2. The van der Waals surface area contributed by atoms with Gasteiger partial charge >= 0.3 is 0 Å². The van der Waals surface area contributed by atoms with Gasteiger partial charge in [-0.3, -0.25) is 4.79 Å². The molecule has 2 rings (SSSR count). The smallest absolute Gasteiger partial charge is 0.255 e. The molecule has 2 N–H and O–H groups in total. The number of hydrogen-bond donors (Lipinski definition) is 2. The predicted molar refractivity (Wildman–Crippen MR) is 67.4 cm³/mol. The minimum atomic E-state index is -1.05. The van der Waals surface area contributed by atoms with Gasteiger partial charge in [0.15, 0.2) is 11.6 Å². The van der Waals surface area contributed by atoms with Crippen molar-refractivity contribution in [2.24, 2.45) is 0 Å². The summed E-state index contributed by atoms with van der Waals surface area (Å²) < 4.78 is 25.7. The summed E-state index contributed by atoms with van der Waals surface area (Å²) in [6.45, 7) is 0. The fourth-order valence-corrected chi connectivity index (χ4v) is 1.61. The first kappa shape index (κ1) is 13.3. The van der Waals surface area contributed by atoms with Gasteiger partial charge in [0.1, 0.15) is 5.75 Å². The summed E-state index contributed by atoms with van der Waals surface area (Å²) in [5.74, 6) is -2.74. The Morgan fingerprint density at radius 3 is 2.47 bits per heavy atom. The Morgan fingerprint density at radius 2 is 1.84 bits per heavy atom. The van der Waals surface area contributed by atoms with Crippen LogP contribution in [0.2, 0.25) is 5.02 Å². The van der Waals surface area contributed by atoms with E-state index in [0.29, 0.717) is 0 Å². The fraction of sp³-hybridized carbons (Fsp3) is 0. The van der Waals surface area contributed by atoms with Crippen LogP contribution >= 0.6 is 11.6 Å². The number of anilines is 1. The van der Waals surface area contributed by atoms with Crippen molar-refractivity contribution in [3.05, 3.63) is 58.6 Å². The van der Waals surface area contributed by atoms with Crippen LogP contribution in [0.25, 0.3) is 0 Å². The van der Waals surface area contributed by atoms with E-state index in [1.165, 1.54) is 24.3 Å². The number of benzene rings is 2. The first-order valence-electron chi connectivity index (χ1n) is 5.22. The van der Waals surface area contributed by atoms with Crippen molar-refractivity contribution in [2.75, 3.05) is 5.32 Å². The molecule has 0 bridgehead atoms. The lowest BCUT2D eigenvalue weighted by Crippen LogP contribution is -2.12. The van der Waals surface area contributed by atoms with Crippen molar-refractivity contribution in [1.82, 2.24) is 0 Å². The molecular formula is C13H8ClF2NO2. The SMILES string of the molecule is O=C(Nc1ccc(F)c(F)c1)c1ccc(O)c(Cl)c1. The maximum atomic E-state index is 13.0. The van der Waals surface area contributed by atoms with Crippen LogP contribution in [0.15, 0.2) is 36.4 Å². The van der Waals surface area contributed by atoms with Crippen molar-refractivity contribution in [3.8, 4) is 5.75 Å². The molecule has 1 amide bonds. The molecular weight excluding hydrogens is 276 g/mol. The number of phenolic OH excluding ortho intramolecular Hbond substituents is 1. The monoisotopic (exact) mass is 283 g/mol. The fourth-order valence-electron chi connectivity index (χ4n) is 1.43. The second-order valence-corrected chi connectivity index (χ2v) is 4.16. The molecule has 6 heteroatoms. The highest BCUT2D eigenvalue weighted by Gasteiger charge is 2.10. The van der Waals surface area contributed by atoms with E-state index in [-0.39, 0.29) is 22.0 Å². The Balaban J connectivity index is 2.20. The van der Waals surface area contributed by atoms with E-state index in [9.17, 15) is 18.7 Å². The third-order valence-corrected chi connectivity index (χ3v) is 2.69. The summed E-state index contributed by atoms with van der Waals surface area (Å²) in [7, 11) is 0. The molecule has 0 aliphatic carbocycles. The molecule has 0 radical (unpaired) electrons. The number of carbonyl (C=O) groups excluding carboxylic acids is 1. The number of hydrogen-bond acceptors (Lipinski definition) is 2. The molecule has 0 unspecified atom stereocenters. The lowest BCUT2D eigenvalue weighted by Gasteiger charge is -2.06. The van der Waals surface area contributed by atoms with E-state index >= 15 is 0 Å². The van der Waals surface area contributed by atoms with Gasteiger partial charge in [0, 0.05) is 17.3 Å². The first-order valence-corrected chi connectivity index (χ1v) is 5.60. The maximum Gasteiger partial charge on any atom is 0.255 e. The molecule has 0 atom stereocenters. The number of halogens is 3. The molecule has 0 saturated heterocycles. The minimum Gasteiger partial charge on any atom is -0.506 e. The van der Waals surface area contributed by atoms with Crippen LogP contribution in [-0.2, 0) is 0 Å². The maximum absolute atomic E-state index is 13.0. The Kier molecular flexibility index (Phi) is 3.66. The van der Waals surface area contributed by atoms with Gasteiger partial charge in [-0.1, -0.05) is 11.6 Å². The Morgan fingerprint density at radius 1 is 1.11 bits per heavy atom. The molecule has 0 aromatic heterocycles. The van der Waals surface area contributed by atoms with Crippen molar-refractivity contribution >= 4 is 23.2 Å². The lowest BCUT2D eigenvalue weighted by atomic mass is 10.2. The van der Waals surface area contributed by atoms with Crippen LogP contribution < -0.4 is 5.32 Å². The molecule has 0 fully saturated rings. The zero-order chi connectivity index (χ0) is 14.0. The summed E-state index contributed by atoms with van der Waals surface area (Å²) in [5, 5.41) is 11.6. The Hall–Kier alpha value is -2.14. The van der Waals surface area contributed by atoms with E-state index in [0.717, 1.165) is 12.1 Å². The topological polar surface area (TPSA) is 49.3 Å². The molecule has 98 valence electrons. The third-order valence-electron chi connectivity index (χ3n) is 2.39. The molecule has 2 aromatic rings. The van der Waals surface area contributed by atoms with Crippen molar-refractivity contribution in [2.45, 2.75) is 0 Å². The predicted octanol–water partition coefficient (Wildman–Crippen LogP) is 3.58. The van der Waals surface area contributed by atoms with Gasteiger partial charge in [-0.05, 0) is 30.3 Å². The van der Waals surface area contributed by atoms with Crippen LogP contribution in [0.5, 0.6) is 5.75 Å². The summed E-state index contributed by atoms with van der Waals surface area (Å²) >= 11 is 5.67. The quantitative estimate of drug-likeness (QED) is 0.885. The Labute approximate surface area is 112 Å². The van der Waals surface area contributed by atoms with Gasteiger partial charge in [0.2, 0.25) is 0 Å². The van der Waals surface area contributed by atoms with E-state index in [4.69, 9.17) is 11.6 Å². The standard InChI is InChI=1S/C13H8ClF2NO2/c14-9-5-7(1-4-12(9)18)13(19)17-8-2-3-10(15)11(16)6-8/h1-6,18H,(H,17,19). The zero-order valence-electron chi connectivity index (χ0n) is 9.45. The lowest BCUT2D eigenvalue weighted by molar-refractivity contribution is 0.102. The molecule has 19 heavy (non-hydrogen) atoms. The highest BCUT2D eigenvalue weighted by molar-refractivity contribution is 6.32. The molecule has 3 nitrogen and oxygen atoms in total. The molecule has 0 aliphatic rings. The molecule has 0 spiro atoms. The molecule has 0 saturated carbocycles. The van der Waals surface area contributed by atoms with E-state index in [1.54, 1.807) is 0 Å². The van der Waals surface area contributed by atoms with E-state index in [1.807, 2.05) is 0 Å². The number of amides is 1. The van der Waals surface area contributed by atoms with E-state index < -0.39 is 17.5 Å². The van der Waals surface area contributed by atoms with Crippen molar-refractivity contribution < 1.29 is 18.7 Å². The third kappa shape index (κ3) is 3.00. The highest BCUT2D eigenvalue weighted by Crippen LogP contribution is 2.24. The van der Waals surface area contributed by atoms with E-state index in [2.05, 4.69) is 5.32 Å². The Bertz CT molecular complexity index is 647. The second kappa shape index (κ2) is 5.24. The van der Waals surface area contributed by atoms with Gasteiger partial charge < -0.3 is 10.4 Å². The van der Waals surface area contributed by atoms with Gasteiger partial charge in [-0.2, -0.15) is 0 Å². The normalized spacial score (nSPS) is 10.3. The van der Waals surface area contributed by atoms with Crippen LogP contribution in [0.1, 0.15) is 10.4 Å². The van der Waals surface area contributed by atoms with Gasteiger partial charge in [-0.25, -0.2) is 8.78 Å². The summed E-state index contributed by atoms with van der Waals surface area (Å²) in [6.07, 6.45) is 0. The average Bonchev–Trinajstić information content (AvgIpc) is 2.37. The van der Waals surface area contributed by atoms with Crippen LogP contribution in [0, 0.1) is 11.6 Å². The largest absolute Gasteiger partial charge is 0.506 e. The molecule has 0 heterocycles. The molecule has 0 aliphatic heterocycles. The molecule has 2 aromatic carbocycles. The minimum absolute atomic E-state index is 0.0259. The number of aromatic hydroxyl groups is 1. The summed E-state index contributed by atoms with van der Waals surface area (Å²) in [4.78, 5) is 11.8. The first-order chi connectivity index (χ1) is 8.97. The van der Waals surface area contributed by atoms with Crippen molar-refractivity contribution in [3.63, 3.8) is 0 Å². The second-order valence-electron chi connectivity index (χ2n) is 3.75. The number of carbonyl (C=O) groups is 1. The average molecular weight is 284 g/mol. The van der Waals surface area contributed by atoms with Gasteiger partial charge in [0.25, 0.3) is 5.91 Å². The number of phenols is 1. The summed E-state index contributed by atoms with van der Waals surface area (Å²) in [6, 6.07) is 6.91. The van der Waals surface area contributed by atoms with Crippen LogP contribution in [-0.4, -0.2) is 11.0 Å². The van der Waals surface area contributed by atoms with Gasteiger partial charge in [-0.15, -0.1) is 0 Å². The van der Waals surface area contributed by atoms with Crippen LogP contribution in [0.3, 0.4) is 0 Å². The number of nitrogens with one attached hydrogen (secondary N) is 1. The van der Waals surface area contributed by atoms with Crippen molar-refractivity contribution in [1.29, 1.82) is 0 Å². The van der Waals surface area contributed by atoms with Gasteiger partial charge in [0.05, 0.1) is 5.02 Å². The summed E-state index contributed by atoms with van der Waals surface area (Å²) in [5.41, 5.74) is 0.306.